The first-order valence-corrected chi connectivity index (χ1v) is 4.22. The standard InChI is InChI=1S/C9H4F7NO/c10-6-4(7(17)18)1-3(8(11,12)13)2-5(6)9(14,15)16/h1-2H,(H2,17,18). The molecular weight excluding hydrogens is 271 g/mol. The van der Waals surface area contributed by atoms with Gasteiger partial charge in [-0.1, -0.05) is 0 Å². The average Bonchev–Trinajstić information content (AvgIpc) is 2.13. The Kier molecular flexibility index (Phi) is 3.28. The highest BCUT2D eigenvalue weighted by Crippen LogP contribution is 2.38. The Morgan fingerprint density at radius 2 is 1.50 bits per heavy atom. The number of nitrogens with two attached hydrogens (primary N) is 1. The van der Waals surface area contributed by atoms with Crippen molar-refractivity contribution in [2.75, 3.05) is 0 Å². The Bertz CT molecular complexity index is 489. The largest absolute Gasteiger partial charge is 0.419 e. The zero-order valence-electron chi connectivity index (χ0n) is 8.29. The highest BCUT2D eigenvalue weighted by molar-refractivity contribution is 5.93. The summed E-state index contributed by atoms with van der Waals surface area (Å²) < 4.78 is 87.0. The quantitative estimate of drug-likeness (QED) is 0.787. The van der Waals surface area contributed by atoms with Gasteiger partial charge in [0.15, 0.2) is 0 Å². The van der Waals surface area contributed by atoms with Crippen LogP contribution in [0.4, 0.5) is 30.7 Å². The number of carbonyl (C=O) groups excluding carboxylic acids is 1. The van der Waals surface area contributed by atoms with Crippen molar-refractivity contribution in [3.8, 4) is 0 Å². The molecule has 0 atom stereocenters. The first kappa shape index (κ1) is 14.3. The normalized spacial score (nSPS) is 12.6. The predicted molar refractivity (Wildman–Crippen MR) is 44.9 cm³/mol. The summed E-state index contributed by atoms with van der Waals surface area (Å²) in [5, 5.41) is 0. The second kappa shape index (κ2) is 4.14. The Hall–Kier alpha value is -1.80. The summed E-state index contributed by atoms with van der Waals surface area (Å²) in [6, 6.07) is -0.478. The van der Waals surface area contributed by atoms with Crippen LogP contribution in [0.1, 0.15) is 21.5 Å². The first-order chi connectivity index (χ1) is 7.94. The number of amides is 1. The first-order valence-electron chi connectivity index (χ1n) is 4.22. The van der Waals surface area contributed by atoms with Gasteiger partial charge >= 0.3 is 12.4 Å². The van der Waals surface area contributed by atoms with Crippen LogP contribution >= 0.6 is 0 Å². The predicted octanol–water partition coefficient (Wildman–Crippen LogP) is 2.96. The molecular formula is C9H4F7NO. The number of rotatable bonds is 1. The van der Waals surface area contributed by atoms with Crippen LogP contribution in [-0.4, -0.2) is 5.91 Å². The third-order valence-electron chi connectivity index (χ3n) is 1.97. The molecule has 0 radical (unpaired) electrons. The topological polar surface area (TPSA) is 43.1 Å². The highest BCUT2D eigenvalue weighted by Gasteiger charge is 2.40. The van der Waals surface area contributed by atoms with E-state index in [4.69, 9.17) is 0 Å². The van der Waals surface area contributed by atoms with Crippen molar-refractivity contribution < 1.29 is 35.5 Å². The minimum atomic E-state index is -5.37. The Labute approximate surface area is 95.2 Å². The molecule has 0 spiro atoms. The van der Waals surface area contributed by atoms with E-state index < -0.39 is 46.8 Å². The Balaban J connectivity index is 3.63. The zero-order chi connectivity index (χ0) is 14.3. The molecule has 2 nitrogen and oxygen atoms in total. The molecule has 1 aromatic carbocycles. The highest BCUT2D eigenvalue weighted by atomic mass is 19.4. The average molecular weight is 275 g/mol. The monoisotopic (exact) mass is 275 g/mol. The lowest BCUT2D eigenvalue weighted by molar-refractivity contribution is -0.144. The molecule has 0 aliphatic rings. The van der Waals surface area contributed by atoms with Crippen LogP contribution in [0.3, 0.4) is 0 Å². The van der Waals surface area contributed by atoms with Gasteiger partial charge in [0.2, 0.25) is 0 Å². The number of carbonyl (C=O) groups is 1. The fourth-order valence-corrected chi connectivity index (χ4v) is 1.17. The molecule has 0 aliphatic carbocycles. The van der Waals surface area contributed by atoms with Crippen LogP contribution in [0.15, 0.2) is 12.1 Å². The van der Waals surface area contributed by atoms with E-state index in [0.717, 1.165) is 0 Å². The molecule has 0 saturated carbocycles. The van der Waals surface area contributed by atoms with Crippen molar-refractivity contribution in [1.82, 2.24) is 0 Å². The summed E-state index contributed by atoms with van der Waals surface area (Å²) >= 11 is 0. The van der Waals surface area contributed by atoms with Crippen molar-refractivity contribution >= 4 is 5.91 Å². The lowest BCUT2D eigenvalue weighted by atomic mass is 10.0. The van der Waals surface area contributed by atoms with E-state index in [1.54, 1.807) is 0 Å². The number of halogens is 7. The van der Waals surface area contributed by atoms with Gasteiger partial charge in [0.05, 0.1) is 16.7 Å². The molecule has 18 heavy (non-hydrogen) atoms. The molecule has 0 aromatic heterocycles. The van der Waals surface area contributed by atoms with E-state index in [0.29, 0.717) is 0 Å². The summed E-state index contributed by atoms with van der Waals surface area (Å²) in [7, 11) is 0. The van der Waals surface area contributed by atoms with Crippen LogP contribution in [0.2, 0.25) is 0 Å². The zero-order valence-corrected chi connectivity index (χ0v) is 8.29. The molecule has 1 amide bonds. The summed E-state index contributed by atoms with van der Waals surface area (Å²) in [5.41, 5.74) is -0.925. The molecule has 0 heterocycles. The van der Waals surface area contributed by atoms with Crippen LogP contribution in [0.5, 0.6) is 0 Å². The van der Waals surface area contributed by atoms with Gasteiger partial charge in [-0.2, -0.15) is 26.3 Å². The fraction of sp³-hybridized carbons (Fsp3) is 0.222. The number of benzene rings is 1. The summed E-state index contributed by atoms with van der Waals surface area (Å²) in [5.74, 6) is -3.84. The van der Waals surface area contributed by atoms with E-state index in [1.165, 1.54) is 0 Å². The molecule has 0 fully saturated rings. The number of hydrogen-bond acceptors (Lipinski definition) is 1. The number of hydrogen-bond donors (Lipinski definition) is 1. The second-order valence-electron chi connectivity index (χ2n) is 3.25. The lowest BCUT2D eigenvalue weighted by Crippen LogP contribution is -2.20. The minimum Gasteiger partial charge on any atom is -0.366 e. The van der Waals surface area contributed by atoms with Gasteiger partial charge in [-0.3, -0.25) is 4.79 Å². The van der Waals surface area contributed by atoms with Crippen LogP contribution in [0.25, 0.3) is 0 Å². The van der Waals surface area contributed by atoms with Crippen molar-refractivity contribution in [3.63, 3.8) is 0 Å². The SMILES string of the molecule is NC(=O)c1cc(C(F)(F)F)cc(C(F)(F)F)c1F. The number of primary amides is 1. The van der Waals surface area contributed by atoms with Gasteiger partial charge in [-0.05, 0) is 12.1 Å². The smallest absolute Gasteiger partial charge is 0.366 e. The van der Waals surface area contributed by atoms with E-state index in [1.807, 2.05) is 0 Å². The van der Waals surface area contributed by atoms with Crippen LogP contribution in [0, 0.1) is 5.82 Å². The van der Waals surface area contributed by atoms with E-state index >= 15 is 0 Å². The molecule has 0 unspecified atom stereocenters. The molecule has 0 bridgehead atoms. The summed E-state index contributed by atoms with van der Waals surface area (Å²) in [6.45, 7) is 0. The van der Waals surface area contributed by atoms with Crippen molar-refractivity contribution in [1.29, 1.82) is 0 Å². The number of alkyl halides is 6. The molecule has 0 aliphatic heterocycles. The maximum atomic E-state index is 13.2. The van der Waals surface area contributed by atoms with Gasteiger partial charge in [0.1, 0.15) is 5.82 Å². The molecule has 2 N–H and O–H groups in total. The lowest BCUT2D eigenvalue weighted by Gasteiger charge is -2.14. The molecule has 1 aromatic rings. The minimum absolute atomic E-state index is 0.0626. The van der Waals surface area contributed by atoms with Gasteiger partial charge in [-0.25, -0.2) is 4.39 Å². The molecule has 1 rings (SSSR count). The maximum absolute atomic E-state index is 13.2. The van der Waals surface area contributed by atoms with E-state index in [2.05, 4.69) is 5.73 Å². The third kappa shape index (κ3) is 2.71. The molecule has 0 saturated heterocycles. The van der Waals surface area contributed by atoms with Gasteiger partial charge in [0.25, 0.3) is 5.91 Å². The third-order valence-corrected chi connectivity index (χ3v) is 1.97. The van der Waals surface area contributed by atoms with Gasteiger partial charge in [0, 0.05) is 0 Å². The maximum Gasteiger partial charge on any atom is 0.419 e. The van der Waals surface area contributed by atoms with E-state index in [-0.39, 0.29) is 6.07 Å². The van der Waals surface area contributed by atoms with Gasteiger partial charge < -0.3 is 5.73 Å². The Morgan fingerprint density at radius 3 is 1.83 bits per heavy atom. The Morgan fingerprint density at radius 1 is 1.00 bits per heavy atom. The molecule has 100 valence electrons. The van der Waals surface area contributed by atoms with Crippen molar-refractivity contribution in [3.05, 3.63) is 34.6 Å². The van der Waals surface area contributed by atoms with Crippen LogP contribution < -0.4 is 5.73 Å². The summed E-state index contributed by atoms with van der Waals surface area (Å²) in [6.07, 6.45) is -10.5. The van der Waals surface area contributed by atoms with Crippen molar-refractivity contribution in [2.24, 2.45) is 5.73 Å². The molecule has 9 heteroatoms. The van der Waals surface area contributed by atoms with E-state index in [9.17, 15) is 35.5 Å². The van der Waals surface area contributed by atoms with Crippen molar-refractivity contribution in [2.45, 2.75) is 12.4 Å². The van der Waals surface area contributed by atoms with Gasteiger partial charge in [-0.15, -0.1) is 0 Å². The summed E-state index contributed by atoms with van der Waals surface area (Å²) in [4.78, 5) is 10.6. The fourth-order valence-electron chi connectivity index (χ4n) is 1.17. The second-order valence-corrected chi connectivity index (χ2v) is 3.25. The van der Waals surface area contributed by atoms with Crippen LogP contribution in [-0.2, 0) is 12.4 Å².